The van der Waals surface area contributed by atoms with Gasteiger partial charge in [0.15, 0.2) is 0 Å². The molecule has 1 heterocycles. The summed E-state index contributed by atoms with van der Waals surface area (Å²) < 4.78 is 5.17. The van der Waals surface area contributed by atoms with Gasteiger partial charge in [0.1, 0.15) is 0 Å². The van der Waals surface area contributed by atoms with Crippen molar-refractivity contribution in [3.05, 3.63) is 70.4 Å². The maximum Gasteiger partial charge on any atom is 0.340 e. The number of carbonyl (C=O) groups is 1. The molecule has 0 atom stereocenters. The van der Waals surface area contributed by atoms with Gasteiger partial charge in [0.25, 0.3) is 5.69 Å². The largest absolute Gasteiger partial charge is 0.462 e. The van der Waals surface area contributed by atoms with Crippen LogP contribution in [0.15, 0.2) is 54.7 Å². The van der Waals surface area contributed by atoms with E-state index in [9.17, 15) is 14.9 Å². The summed E-state index contributed by atoms with van der Waals surface area (Å²) in [6.07, 6.45) is 1.68. The Morgan fingerprint density at radius 3 is 2.54 bits per heavy atom. The molecule has 0 aliphatic rings. The zero-order valence-electron chi connectivity index (χ0n) is 12.9. The first-order chi connectivity index (χ1) is 11.6. The second-order valence-electron chi connectivity index (χ2n) is 5.09. The van der Waals surface area contributed by atoms with Crippen LogP contribution in [0.1, 0.15) is 17.3 Å². The molecule has 6 nitrogen and oxygen atoms in total. The minimum Gasteiger partial charge on any atom is -0.462 e. The number of aromatic nitrogens is 1. The average molecular weight is 322 g/mol. The molecule has 3 rings (SSSR count). The van der Waals surface area contributed by atoms with E-state index in [1.54, 1.807) is 25.3 Å². The van der Waals surface area contributed by atoms with E-state index in [1.165, 1.54) is 12.1 Å². The highest BCUT2D eigenvalue weighted by molar-refractivity contribution is 6.09. The molecule has 120 valence electrons. The SMILES string of the molecule is CCOC(=O)c1c(-c2ccc([N+](=O)[O-])cc2)ncc2ccccc12. The average Bonchev–Trinajstić information content (AvgIpc) is 2.61. The molecular formula is C18H14N2O4. The fraction of sp³-hybridized carbons (Fsp3) is 0.111. The summed E-state index contributed by atoms with van der Waals surface area (Å²) in [5, 5.41) is 12.4. The van der Waals surface area contributed by atoms with E-state index >= 15 is 0 Å². The number of ether oxygens (including phenoxy) is 1. The summed E-state index contributed by atoms with van der Waals surface area (Å²) in [7, 11) is 0. The van der Waals surface area contributed by atoms with Crippen molar-refractivity contribution in [3.8, 4) is 11.3 Å². The van der Waals surface area contributed by atoms with Crippen LogP contribution in [0.3, 0.4) is 0 Å². The number of fused-ring (bicyclic) bond motifs is 1. The van der Waals surface area contributed by atoms with Crippen LogP contribution in [0.2, 0.25) is 0 Å². The lowest BCUT2D eigenvalue weighted by Crippen LogP contribution is -2.08. The van der Waals surface area contributed by atoms with Crippen molar-refractivity contribution >= 4 is 22.4 Å². The molecule has 0 amide bonds. The molecule has 0 unspecified atom stereocenters. The standard InChI is InChI=1S/C18H14N2O4/c1-2-24-18(21)16-15-6-4-3-5-13(15)11-19-17(16)12-7-9-14(10-8-12)20(22)23/h3-11H,2H2,1H3. The van der Waals surface area contributed by atoms with E-state index in [0.29, 0.717) is 16.8 Å². The predicted molar refractivity (Wildman–Crippen MR) is 89.8 cm³/mol. The molecule has 0 fully saturated rings. The molecule has 24 heavy (non-hydrogen) atoms. The van der Waals surface area contributed by atoms with E-state index in [-0.39, 0.29) is 12.3 Å². The van der Waals surface area contributed by atoms with Crippen molar-refractivity contribution in [2.45, 2.75) is 6.92 Å². The lowest BCUT2D eigenvalue weighted by atomic mass is 10.00. The summed E-state index contributed by atoms with van der Waals surface area (Å²) in [6.45, 7) is 1.99. The number of nitrogens with zero attached hydrogens (tertiary/aromatic N) is 2. The number of pyridine rings is 1. The van der Waals surface area contributed by atoms with Crippen LogP contribution in [0.5, 0.6) is 0 Å². The molecule has 0 aliphatic heterocycles. The summed E-state index contributed by atoms with van der Waals surface area (Å²) in [5.74, 6) is -0.463. The second kappa shape index (κ2) is 6.45. The maximum atomic E-state index is 12.5. The quantitative estimate of drug-likeness (QED) is 0.412. The Morgan fingerprint density at radius 2 is 1.88 bits per heavy atom. The Hall–Kier alpha value is -3.28. The van der Waals surface area contributed by atoms with Gasteiger partial charge < -0.3 is 4.74 Å². The van der Waals surface area contributed by atoms with Crippen molar-refractivity contribution in [2.75, 3.05) is 6.61 Å². The van der Waals surface area contributed by atoms with Crippen molar-refractivity contribution in [1.82, 2.24) is 4.98 Å². The van der Waals surface area contributed by atoms with Crippen molar-refractivity contribution in [3.63, 3.8) is 0 Å². The molecule has 0 bridgehead atoms. The number of hydrogen-bond acceptors (Lipinski definition) is 5. The lowest BCUT2D eigenvalue weighted by Gasteiger charge is -2.11. The zero-order chi connectivity index (χ0) is 17.1. The highest BCUT2D eigenvalue weighted by atomic mass is 16.6. The van der Waals surface area contributed by atoms with Gasteiger partial charge in [-0.3, -0.25) is 15.1 Å². The zero-order valence-corrected chi connectivity index (χ0v) is 12.9. The molecule has 0 N–H and O–H groups in total. The van der Waals surface area contributed by atoms with E-state index in [0.717, 1.165) is 10.8 Å². The van der Waals surface area contributed by atoms with Gasteiger partial charge in [-0.05, 0) is 24.4 Å². The van der Waals surface area contributed by atoms with Gasteiger partial charge in [-0.15, -0.1) is 0 Å². The van der Waals surface area contributed by atoms with Crippen molar-refractivity contribution in [2.24, 2.45) is 0 Å². The number of rotatable bonds is 4. The van der Waals surface area contributed by atoms with Gasteiger partial charge >= 0.3 is 5.97 Å². The molecule has 0 radical (unpaired) electrons. The van der Waals surface area contributed by atoms with Gasteiger partial charge in [0, 0.05) is 29.3 Å². The maximum absolute atomic E-state index is 12.5. The number of esters is 1. The van der Waals surface area contributed by atoms with Gasteiger partial charge in [-0.25, -0.2) is 4.79 Å². The second-order valence-corrected chi connectivity index (χ2v) is 5.09. The smallest absolute Gasteiger partial charge is 0.340 e. The normalized spacial score (nSPS) is 10.5. The Morgan fingerprint density at radius 1 is 1.17 bits per heavy atom. The number of nitro groups is 1. The van der Waals surface area contributed by atoms with E-state index < -0.39 is 10.9 Å². The van der Waals surface area contributed by atoms with E-state index in [1.807, 2.05) is 24.3 Å². The summed E-state index contributed by atoms with van der Waals surface area (Å²) in [4.78, 5) is 27.2. The first-order valence-electron chi connectivity index (χ1n) is 7.41. The van der Waals surface area contributed by atoms with Crippen molar-refractivity contribution in [1.29, 1.82) is 0 Å². The summed E-state index contributed by atoms with van der Waals surface area (Å²) in [5.41, 5.74) is 1.41. The minimum atomic E-state index is -0.468. The van der Waals surface area contributed by atoms with Crippen LogP contribution in [0.25, 0.3) is 22.0 Å². The van der Waals surface area contributed by atoms with Gasteiger partial charge in [-0.2, -0.15) is 0 Å². The van der Waals surface area contributed by atoms with Gasteiger partial charge in [0.2, 0.25) is 0 Å². The highest BCUT2D eigenvalue weighted by Gasteiger charge is 2.19. The third-order valence-electron chi connectivity index (χ3n) is 3.63. The lowest BCUT2D eigenvalue weighted by molar-refractivity contribution is -0.384. The molecule has 6 heteroatoms. The highest BCUT2D eigenvalue weighted by Crippen LogP contribution is 2.30. The number of non-ortho nitro benzene ring substituents is 1. The van der Waals surface area contributed by atoms with Crippen LogP contribution in [0, 0.1) is 10.1 Å². The molecule has 0 saturated carbocycles. The van der Waals surface area contributed by atoms with Crippen LogP contribution in [-0.4, -0.2) is 22.5 Å². The third-order valence-corrected chi connectivity index (χ3v) is 3.63. The van der Waals surface area contributed by atoms with Crippen LogP contribution in [-0.2, 0) is 4.74 Å². The Kier molecular flexibility index (Phi) is 4.20. The Balaban J connectivity index is 2.21. The first kappa shape index (κ1) is 15.6. The predicted octanol–water partition coefficient (Wildman–Crippen LogP) is 3.99. The topological polar surface area (TPSA) is 82.3 Å². The fourth-order valence-corrected chi connectivity index (χ4v) is 2.53. The number of benzene rings is 2. The summed E-state index contributed by atoms with van der Waals surface area (Å²) >= 11 is 0. The molecule has 0 aliphatic carbocycles. The van der Waals surface area contributed by atoms with Gasteiger partial charge in [0.05, 0.1) is 22.8 Å². The Bertz CT molecular complexity index is 920. The molecule has 1 aromatic heterocycles. The number of hydrogen-bond donors (Lipinski definition) is 0. The van der Waals surface area contributed by atoms with Crippen LogP contribution in [0.4, 0.5) is 5.69 Å². The molecule has 3 aromatic rings. The molecule has 2 aromatic carbocycles. The van der Waals surface area contributed by atoms with E-state index in [2.05, 4.69) is 4.98 Å². The first-order valence-corrected chi connectivity index (χ1v) is 7.41. The summed E-state index contributed by atoms with van der Waals surface area (Å²) in [6, 6.07) is 13.3. The minimum absolute atomic E-state index is 0.0165. The van der Waals surface area contributed by atoms with Gasteiger partial charge in [-0.1, -0.05) is 24.3 Å². The van der Waals surface area contributed by atoms with Crippen molar-refractivity contribution < 1.29 is 14.5 Å². The number of carbonyl (C=O) groups excluding carboxylic acids is 1. The molecular weight excluding hydrogens is 308 g/mol. The fourth-order valence-electron chi connectivity index (χ4n) is 2.53. The monoisotopic (exact) mass is 322 g/mol. The molecule has 0 spiro atoms. The Labute approximate surface area is 137 Å². The van der Waals surface area contributed by atoms with Crippen LogP contribution >= 0.6 is 0 Å². The third kappa shape index (κ3) is 2.81. The molecule has 0 saturated heterocycles. The number of nitro benzene ring substituents is 1. The van der Waals surface area contributed by atoms with Crippen LogP contribution < -0.4 is 0 Å². The van der Waals surface area contributed by atoms with E-state index in [4.69, 9.17) is 4.74 Å².